The Morgan fingerprint density at radius 2 is 1.62 bits per heavy atom. The Morgan fingerprint density at radius 3 is 2.24 bits per heavy atom. The Bertz CT molecular complexity index is 740. The highest BCUT2D eigenvalue weighted by atomic mass is 35.5. The Balaban J connectivity index is 0.000000941. The van der Waals surface area contributed by atoms with Gasteiger partial charge in [0.05, 0.1) is 11.4 Å². The summed E-state index contributed by atoms with van der Waals surface area (Å²) in [7, 11) is 2.20. The number of halogens is 2. The van der Waals surface area contributed by atoms with Crippen LogP contribution in [0.1, 0.15) is 55.2 Å². The summed E-state index contributed by atoms with van der Waals surface area (Å²) in [4.78, 5) is 2.40. The molecule has 0 aliphatic heterocycles. The van der Waals surface area contributed by atoms with E-state index in [1.165, 1.54) is 30.0 Å². The van der Waals surface area contributed by atoms with E-state index in [1.54, 1.807) is 6.07 Å². The van der Waals surface area contributed by atoms with Gasteiger partial charge in [0, 0.05) is 18.8 Å². The monoisotopic (exact) mass is 430 g/mol. The van der Waals surface area contributed by atoms with Gasteiger partial charge in [0.25, 0.3) is 0 Å². The molecule has 0 heterocycles. The highest BCUT2D eigenvalue weighted by Gasteiger charge is 2.28. The molecule has 2 aromatic rings. The van der Waals surface area contributed by atoms with Gasteiger partial charge in [-0.15, -0.1) is 23.2 Å². The second kappa shape index (κ2) is 12.9. The maximum atomic E-state index is 7.32. The summed E-state index contributed by atoms with van der Waals surface area (Å²) >= 11 is 12.6. The Morgan fingerprint density at radius 1 is 0.966 bits per heavy atom. The molecule has 4 heteroatoms. The summed E-state index contributed by atoms with van der Waals surface area (Å²) in [6.07, 6.45) is 5.49. The van der Waals surface area contributed by atoms with E-state index in [2.05, 4.69) is 66.5 Å². The maximum absolute atomic E-state index is 7.32. The van der Waals surface area contributed by atoms with E-state index in [0.717, 1.165) is 38.8 Å². The first kappa shape index (κ1) is 23.7. The van der Waals surface area contributed by atoms with E-state index in [0.29, 0.717) is 5.92 Å². The van der Waals surface area contributed by atoms with Crippen molar-refractivity contribution >= 4 is 23.2 Å². The minimum atomic E-state index is 0.107. The first-order valence-electron chi connectivity index (χ1n) is 10.4. The SMILES string of the molecule is CC#N.CN(CCCc1ccc(C2CCC(Cl)C(Cl)C2)cc1)Cc1ccccc1. The van der Waals surface area contributed by atoms with E-state index in [-0.39, 0.29) is 10.8 Å². The molecule has 1 aliphatic carbocycles. The fourth-order valence-corrected chi connectivity index (χ4v) is 4.43. The average molecular weight is 431 g/mol. The van der Waals surface area contributed by atoms with Gasteiger partial charge in [-0.3, -0.25) is 0 Å². The molecule has 1 aliphatic rings. The molecule has 29 heavy (non-hydrogen) atoms. The number of benzene rings is 2. The van der Waals surface area contributed by atoms with Crippen molar-refractivity contribution in [1.82, 2.24) is 4.90 Å². The van der Waals surface area contributed by atoms with Crippen molar-refractivity contribution in [2.24, 2.45) is 0 Å². The lowest BCUT2D eigenvalue weighted by Gasteiger charge is -2.29. The minimum Gasteiger partial charge on any atom is -0.302 e. The summed E-state index contributed by atoms with van der Waals surface area (Å²) in [5.41, 5.74) is 4.23. The second-order valence-electron chi connectivity index (χ2n) is 7.83. The summed E-state index contributed by atoms with van der Waals surface area (Å²) < 4.78 is 0. The van der Waals surface area contributed by atoms with Crippen molar-refractivity contribution < 1.29 is 0 Å². The summed E-state index contributed by atoms with van der Waals surface area (Å²) in [5, 5.41) is 7.57. The summed E-state index contributed by atoms with van der Waals surface area (Å²) in [5.74, 6) is 0.568. The molecule has 0 spiro atoms. The van der Waals surface area contributed by atoms with Crippen molar-refractivity contribution in [1.29, 1.82) is 5.26 Å². The van der Waals surface area contributed by atoms with Gasteiger partial charge >= 0.3 is 0 Å². The van der Waals surface area contributed by atoms with Gasteiger partial charge in [-0.05, 0) is 68.3 Å². The molecular formula is C25H32Cl2N2. The highest BCUT2D eigenvalue weighted by Crippen LogP contribution is 2.37. The zero-order valence-electron chi connectivity index (χ0n) is 17.5. The lowest BCUT2D eigenvalue weighted by molar-refractivity contribution is 0.322. The van der Waals surface area contributed by atoms with E-state index < -0.39 is 0 Å². The van der Waals surface area contributed by atoms with Crippen LogP contribution in [0.4, 0.5) is 0 Å². The van der Waals surface area contributed by atoms with Crippen LogP contribution >= 0.6 is 23.2 Å². The molecule has 2 nitrogen and oxygen atoms in total. The Kier molecular flexibility index (Phi) is 10.6. The molecule has 2 aromatic carbocycles. The molecule has 0 bridgehead atoms. The van der Waals surface area contributed by atoms with Crippen LogP contribution in [0.15, 0.2) is 54.6 Å². The molecule has 0 radical (unpaired) electrons. The zero-order valence-corrected chi connectivity index (χ0v) is 19.0. The lowest BCUT2D eigenvalue weighted by atomic mass is 9.83. The van der Waals surface area contributed by atoms with Gasteiger partial charge in [-0.1, -0.05) is 54.6 Å². The number of hydrogen-bond acceptors (Lipinski definition) is 2. The van der Waals surface area contributed by atoms with Gasteiger partial charge in [0.2, 0.25) is 0 Å². The smallest absolute Gasteiger partial charge is 0.0587 e. The largest absolute Gasteiger partial charge is 0.302 e. The molecule has 1 fully saturated rings. The van der Waals surface area contributed by atoms with Crippen LogP contribution in [-0.2, 0) is 13.0 Å². The first-order chi connectivity index (χ1) is 14.0. The predicted molar refractivity (Wildman–Crippen MR) is 125 cm³/mol. The standard InChI is InChI=1S/C23H29Cl2N.C2H3N/c1-26(17-19-6-3-2-4-7-19)15-5-8-18-9-11-20(12-10-18)21-13-14-22(24)23(25)16-21;1-2-3/h2-4,6-7,9-12,21-23H,5,8,13-17H2,1H3;1H3. The lowest BCUT2D eigenvalue weighted by Crippen LogP contribution is -2.24. The van der Waals surface area contributed by atoms with Gasteiger partial charge in [-0.2, -0.15) is 5.26 Å². The van der Waals surface area contributed by atoms with Crippen molar-refractivity contribution in [3.63, 3.8) is 0 Å². The molecule has 0 aromatic heterocycles. The van der Waals surface area contributed by atoms with Crippen LogP contribution in [0.5, 0.6) is 0 Å². The second-order valence-corrected chi connectivity index (χ2v) is 8.96. The third-order valence-electron chi connectivity index (χ3n) is 5.44. The van der Waals surface area contributed by atoms with Crippen LogP contribution in [0.3, 0.4) is 0 Å². The third-order valence-corrected chi connectivity index (χ3v) is 6.58. The van der Waals surface area contributed by atoms with E-state index in [1.807, 2.05) is 0 Å². The summed E-state index contributed by atoms with van der Waals surface area (Å²) in [6.45, 7) is 3.56. The van der Waals surface area contributed by atoms with Gasteiger partial charge < -0.3 is 4.90 Å². The predicted octanol–water partition coefficient (Wildman–Crippen LogP) is 6.76. The maximum Gasteiger partial charge on any atom is 0.0587 e. The van der Waals surface area contributed by atoms with Crippen LogP contribution in [0.25, 0.3) is 0 Å². The first-order valence-corrected chi connectivity index (χ1v) is 11.3. The van der Waals surface area contributed by atoms with E-state index >= 15 is 0 Å². The van der Waals surface area contributed by atoms with Crippen molar-refractivity contribution in [3.8, 4) is 6.07 Å². The van der Waals surface area contributed by atoms with Crippen molar-refractivity contribution in [2.75, 3.05) is 13.6 Å². The molecule has 0 N–H and O–H groups in total. The Hall–Kier alpha value is -1.53. The number of rotatable bonds is 7. The van der Waals surface area contributed by atoms with Gasteiger partial charge in [0.1, 0.15) is 0 Å². The van der Waals surface area contributed by atoms with E-state index in [9.17, 15) is 0 Å². The molecule has 156 valence electrons. The van der Waals surface area contributed by atoms with Gasteiger partial charge in [-0.25, -0.2) is 0 Å². The van der Waals surface area contributed by atoms with Crippen LogP contribution < -0.4 is 0 Å². The van der Waals surface area contributed by atoms with Crippen molar-refractivity contribution in [3.05, 3.63) is 71.3 Å². The minimum absolute atomic E-state index is 0.107. The molecule has 3 rings (SSSR count). The zero-order chi connectivity index (χ0) is 21.1. The molecule has 3 atom stereocenters. The van der Waals surface area contributed by atoms with Gasteiger partial charge in [0.15, 0.2) is 0 Å². The fraction of sp³-hybridized carbons (Fsp3) is 0.480. The topological polar surface area (TPSA) is 27.0 Å². The molecule has 0 saturated heterocycles. The van der Waals surface area contributed by atoms with E-state index in [4.69, 9.17) is 28.5 Å². The number of aryl methyl sites for hydroxylation is 1. The molecule has 0 amide bonds. The molecule has 3 unspecified atom stereocenters. The quantitative estimate of drug-likeness (QED) is 0.453. The van der Waals surface area contributed by atoms with Crippen LogP contribution in [0.2, 0.25) is 0 Å². The number of hydrogen-bond donors (Lipinski definition) is 0. The van der Waals surface area contributed by atoms with Crippen LogP contribution in [0, 0.1) is 11.3 Å². The number of nitrogens with zero attached hydrogens (tertiary/aromatic N) is 2. The Labute approximate surface area is 186 Å². The fourth-order valence-electron chi connectivity index (χ4n) is 3.87. The highest BCUT2D eigenvalue weighted by molar-refractivity contribution is 6.30. The number of nitriles is 1. The molecule has 1 saturated carbocycles. The molecular weight excluding hydrogens is 399 g/mol. The van der Waals surface area contributed by atoms with Crippen LogP contribution in [-0.4, -0.2) is 29.2 Å². The van der Waals surface area contributed by atoms with Crippen molar-refractivity contribution in [2.45, 2.75) is 62.2 Å². The normalized spacial score (nSPS) is 21.2. The average Bonchev–Trinajstić information content (AvgIpc) is 2.72. The summed E-state index contributed by atoms with van der Waals surface area (Å²) in [6, 6.07) is 21.6. The number of alkyl halides is 2. The third kappa shape index (κ3) is 8.39.